The number of aryl methyl sites for hydroxylation is 2. The summed E-state index contributed by atoms with van der Waals surface area (Å²) in [5.41, 5.74) is 2.96. The van der Waals surface area contributed by atoms with Crippen LogP contribution in [0.25, 0.3) is 11.4 Å². The highest BCUT2D eigenvalue weighted by atomic mass is 32.2. The summed E-state index contributed by atoms with van der Waals surface area (Å²) < 4.78 is 30.1. The first-order valence-corrected chi connectivity index (χ1v) is 9.51. The Morgan fingerprint density at radius 2 is 2.08 bits per heavy atom. The molecule has 0 unspecified atom stereocenters. The molecule has 0 spiro atoms. The molecule has 0 N–H and O–H groups in total. The predicted octanol–water partition coefficient (Wildman–Crippen LogP) is 0.946. The van der Waals surface area contributed by atoms with Crippen LogP contribution in [0, 0.1) is 0 Å². The number of hydrogen-bond acceptors (Lipinski definition) is 7. The molecule has 0 amide bonds. The van der Waals surface area contributed by atoms with Crippen molar-refractivity contribution in [2.24, 2.45) is 7.05 Å². The zero-order chi connectivity index (χ0) is 17.5. The Morgan fingerprint density at radius 3 is 2.75 bits per heavy atom. The molecule has 8 nitrogen and oxygen atoms in total. The predicted molar refractivity (Wildman–Crippen MR) is 85.3 cm³/mol. The van der Waals surface area contributed by atoms with E-state index in [9.17, 15) is 13.2 Å². The Hall–Kier alpha value is -2.29. The van der Waals surface area contributed by atoms with E-state index in [1.807, 2.05) is 0 Å². The van der Waals surface area contributed by atoms with E-state index in [0.29, 0.717) is 29.9 Å². The molecule has 0 atom stereocenters. The van der Waals surface area contributed by atoms with Crippen LogP contribution in [-0.4, -0.2) is 47.0 Å². The van der Waals surface area contributed by atoms with Gasteiger partial charge in [-0.05, 0) is 31.7 Å². The molecule has 2 heterocycles. The van der Waals surface area contributed by atoms with Gasteiger partial charge < -0.3 is 4.74 Å². The van der Waals surface area contributed by atoms with Gasteiger partial charge in [0, 0.05) is 25.1 Å². The van der Waals surface area contributed by atoms with Crippen molar-refractivity contribution in [3.8, 4) is 11.4 Å². The highest BCUT2D eigenvalue weighted by Gasteiger charge is 2.28. The van der Waals surface area contributed by atoms with Gasteiger partial charge in [-0.1, -0.05) is 0 Å². The lowest BCUT2D eigenvalue weighted by molar-refractivity contribution is 0.0512. The Bertz CT molecular complexity index is 918. The second-order valence-electron chi connectivity index (χ2n) is 5.67. The van der Waals surface area contributed by atoms with E-state index in [0.717, 1.165) is 23.8 Å². The minimum Gasteiger partial charge on any atom is -0.461 e. The van der Waals surface area contributed by atoms with Gasteiger partial charge in [0.25, 0.3) is 0 Å². The van der Waals surface area contributed by atoms with E-state index in [2.05, 4.69) is 15.1 Å². The summed E-state index contributed by atoms with van der Waals surface area (Å²) in [5.74, 6) is -0.436. The summed E-state index contributed by atoms with van der Waals surface area (Å²) in [6.07, 6.45) is 4.73. The Morgan fingerprint density at radius 1 is 1.33 bits per heavy atom. The highest BCUT2D eigenvalue weighted by molar-refractivity contribution is 7.90. The number of sulfone groups is 1. The monoisotopic (exact) mass is 350 g/mol. The number of nitrogens with zero attached hydrogens (tertiary/aromatic N) is 4. The van der Waals surface area contributed by atoms with Gasteiger partial charge in [-0.25, -0.2) is 23.2 Å². The van der Waals surface area contributed by atoms with Crippen LogP contribution in [0.1, 0.15) is 35.0 Å². The van der Waals surface area contributed by atoms with Crippen LogP contribution in [0.3, 0.4) is 0 Å². The standard InChI is InChI=1S/C15H18N4O4S/c1-4-23-14(20)13-10-7-5-6-9-8-16-15(24(3,21)22)17-11(9)12(10)18-19(13)2/h8H,4-7H2,1-3H3. The van der Waals surface area contributed by atoms with Gasteiger partial charge in [0.2, 0.25) is 15.0 Å². The van der Waals surface area contributed by atoms with Gasteiger partial charge in [-0.15, -0.1) is 0 Å². The summed E-state index contributed by atoms with van der Waals surface area (Å²) in [6, 6.07) is 0. The average molecular weight is 350 g/mol. The fraction of sp³-hybridized carbons (Fsp3) is 0.467. The second-order valence-corrected chi connectivity index (χ2v) is 7.58. The number of rotatable bonds is 3. The molecule has 0 saturated carbocycles. The summed E-state index contributed by atoms with van der Waals surface area (Å²) in [7, 11) is -1.86. The molecule has 24 heavy (non-hydrogen) atoms. The quantitative estimate of drug-likeness (QED) is 0.599. The number of aromatic nitrogens is 4. The highest BCUT2D eigenvalue weighted by Crippen LogP contribution is 2.32. The molecule has 0 radical (unpaired) electrons. The largest absolute Gasteiger partial charge is 0.461 e. The van der Waals surface area contributed by atoms with Crippen LogP contribution in [0.4, 0.5) is 0 Å². The van der Waals surface area contributed by atoms with Crippen LogP contribution in [-0.2, 0) is 34.5 Å². The zero-order valence-corrected chi connectivity index (χ0v) is 14.6. The van der Waals surface area contributed by atoms with Crippen molar-refractivity contribution in [1.29, 1.82) is 0 Å². The molecule has 0 aromatic carbocycles. The number of ether oxygens (including phenoxy) is 1. The van der Waals surface area contributed by atoms with E-state index >= 15 is 0 Å². The Balaban J connectivity index is 2.22. The van der Waals surface area contributed by atoms with Crippen LogP contribution < -0.4 is 0 Å². The van der Waals surface area contributed by atoms with Crippen LogP contribution >= 0.6 is 0 Å². The molecule has 0 bridgehead atoms. The summed E-state index contributed by atoms with van der Waals surface area (Å²) in [5, 5.41) is 4.17. The van der Waals surface area contributed by atoms with E-state index in [1.54, 1.807) is 14.0 Å². The van der Waals surface area contributed by atoms with Gasteiger partial charge in [0.15, 0.2) is 0 Å². The molecule has 0 fully saturated rings. The third-order valence-electron chi connectivity index (χ3n) is 3.89. The molecule has 0 saturated heterocycles. The third kappa shape index (κ3) is 2.79. The molecule has 3 rings (SSSR count). The van der Waals surface area contributed by atoms with Crippen molar-refractivity contribution in [2.45, 2.75) is 31.3 Å². The van der Waals surface area contributed by atoms with Gasteiger partial charge in [-0.3, -0.25) is 4.68 Å². The lowest BCUT2D eigenvalue weighted by Crippen LogP contribution is -2.12. The molecule has 2 aromatic rings. The van der Waals surface area contributed by atoms with Crippen LogP contribution in [0.5, 0.6) is 0 Å². The van der Waals surface area contributed by atoms with Gasteiger partial charge in [0.1, 0.15) is 11.4 Å². The number of fused-ring (bicyclic) bond motifs is 3. The number of carbonyl (C=O) groups excluding carboxylic acids is 1. The normalized spacial score (nSPS) is 13.8. The number of esters is 1. The first kappa shape index (κ1) is 16.6. The van der Waals surface area contributed by atoms with Gasteiger partial charge in [-0.2, -0.15) is 5.10 Å². The Labute approximate surface area is 139 Å². The molecule has 128 valence electrons. The number of hydrogen-bond donors (Lipinski definition) is 0. The van der Waals surface area contributed by atoms with Gasteiger partial charge in [0.05, 0.1) is 12.3 Å². The Kier molecular flexibility index (Phi) is 4.12. The van der Waals surface area contributed by atoms with Crippen molar-refractivity contribution >= 4 is 15.8 Å². The molecular weight excluding hydrogens is 332 g/mol. The fourth-order valence-corrected chi connectivity index (χ4v) is 3.36. The summed E-state index contributed by atoms with van der Waals surface area (Å²) in [4.78, 5) is 20.4. The lowest BCUT2D eigenvalue weighted by atomic mass is 10.1. The first-order valence-electron chi connectivity index (χ1n) is 7.62. The van der Waals surface area contributed by atoms with Crippen molar-refractivity contribution in [2.75, 3.05) is 12.9 Å². The van der Waals surface area contributed by atoms with E-state index in [1.165, 1.54) is 10.9 Å². The molecular formula is C15H18N4O4S. The van der Waals surface area contributed by atoms with Crippen LogP contribution in [0.15, 0.2) is 11.4 Å². The van der Waals surface area contributed by atoms with E-state index < -0.39 is 15.8 Å². The zero-order valence-electron chi connectivity index (χ0n) is 13.7. The smallest absolute Gasteiger partial charge is 0.356 e. The second kappa shape index (κ2) is 5.97. The van der Waals surface area contributed by atoms with E-state index in [-0.39, 0.29) is 11.8 Å². The van der Waals surface area contributed by atoms with E-state index in [4.69, 9.17) is 4.74 Å². The van der Waals surface area contributed by atoms with Crippen molar-refractivity contribution in [3.05, 3.63) is 23.0 Å². The van der Waals surface area contributed by atoms with Crippen LogP contribution in [0.2, 0.25) is 0 Å². The maximum absolute atomic E-state index is 12.2. The third-order valence-corrected chi connectivity index (χ3v) is 4.75. The molecule has 9 heteroatoms. The minimum atomic E-state index is -3.53. The SMILES string of the molecule is CCOC(=O)c1c2c(nn1C)-c1nc(S(C)(=O)=O)ncc1CCC2. The maximum atomic E-state index is 12.2. The molecule has 2 aromatic heterocycles. The molecule has 1 aliphatic carbocycles. The average Bonchev–Trinajstić information content (AvgIpc) is 2.73. The molecule has 1 aliphatic rings. The lowest BCUT2D eigenvalue weighted by Gasteiger charge is -2.05. The first-order chi connectivity index (χ1) is 11.3. The van der Waals surface area contributed by atoms with Crippen molar-refractivity contribution in [1.82, 2.24) is 19.7 Å². The number of carbonyl (C=O) groups is 1. The van der Waals surface area contributed by atoms with Crippen molar-refractivity contribution in [3.63, 3.8) is 0 Å². The minimum absolute atomic E-state index is 0.238. The fourth-order valence-electron chi connectivity index (χ4n) is 2.86. The topological polar surface area (TPSA) is 104 Å². The maximum Gasteiger partial charge on any atom is 0.356 e. The molecule has 0 aliphatic heterocycles. The van der Waals surface area contributed by atoms with Crippen molar-refractivity contribution < 1.29 is 17.9 Å². The summed E-state index contributed by atoms with van der Waals surface area (Å²) in [6.45, 7) is 2.02. The summed E-state index contributed by atoms with van der Waals surface area (Å²) >= 11 is 0. The van der Waals surface area contributed by atoms with Gasteiger partial charge >= 0.3 is 5.97 Å².